The zero-order chi connectivity index (χ0) is 14.4. The second kappa shape index (κ2) is 6.92. The smallest absolute Gasteiger partial charge is 0.328 e. The molecule has 0 radical (unpaired) electrons. The van der Waals surface area contributed by atoms with Gasteiger partial charge in [0.2, 0.25) is 0 Å². The van der Waals surface area contributed by atoms with Crippen molar-refractivity contribution in [3.63, 3.8) is 0 Å². The third-order valence-corrected chi connectivity index (χ3v) is 2.61. The minimum absolute atomic E-state index is 0.282. The zero-order valence-corrected chi connectivity index (χ0v) is 12.2. The molecule has 1 heterocycles. The fourth-order valence-electron chi connectivity index (χ4n) is 1.78. The summed E-state index contributed by atoms with van der Waals surface area (Å²) >= 11 is 0. The number of nitrogens with zero attached hydrogens (tertiary/aromatic N) is 2. The summed E-state index contributed by atoms with van der Waals surface area (Å²) in [6, 6.07) is 1.37. The number of aromatic nitrogens is 2. The highest BCUT2D eigenvalue weighted by molar-refractivity contribution is 5.78. The first-order chi connectivity index (χ1) is 8.96. The molecule has 106 valence electrons. The van der Waals surface area contributed by atoms with E-state index in [1.807, 2.05) is 6.92 Å². The number of hydrogen-bond acceptors (Lipinski definition) is 6. The molecular weight excluding hydrogens is 244 g/mol. The molecule has 0 aliphatic carbocycles. The van der Waals surface area contributed by atoms with E-state index in [2.05, 4.69) is 34.4 Å². The van der Waals surface area contributed by atoms with Crippen LogP contribution in [0.3, 0.4) is 0 Å². The molecule has 0 aliphatic rings. The van der Waals surface area contributed by atoms with Crippen molar-refractivity contribution in [1.82, 2.24) is 9.97 Å². The summed E-state index contributed by atoms with van der Waals surface area (Å²) in [5.41, 5.74) is 0. The lowest BCUT2D eigenvalue weighted by atomic mass is 10.0. The van der Waals surface area contributed by atoms with Gasteiger partial charge in [-0.15, -0.1) is 0 Å². The van der Waals surface area contributed by atoms with Gasteiger partial charge in [0.15, 0.2) is 0 Å². The third kappa shape index (κ3) is 4.73. The summed E-state index contributed by atoms with van der Waals surface area (Å²) < 4.78 is 4.81. The van der Waals surface area contributed by atoms with Crippen molar-refractivity contribution in [3.8, 4) is 0 Å². The molecule has 0 saturated carbocycles. The van der Waals surface area contributed by atoms with E-state index in [0.29, 0.717) is 29.8 Å². The Hall–Kier alpha value is -1.85. The van der Waals surface area contributed by atoms with E-state index in [4.69, 9.17) is 4.74 Å². The number of methoxy groups -OCH3 is 1. The number of rotatable bonds is 6. The van der Waals surface area contributed by atoms with E-state index < -0.39 is 6.04 Å². The van der Waals surface area contributed by atoms with Crippen molar-refractivity contribution >= 4 is 17.6 Å². The number of esters is 1. The van der Waals surface area contributed by atoms with E-state index in [1.54, 1.807) is 13.1 Å². The minimum Gasteiger partial charge on any atom is -0.467 e. The Morgan fingerprint density at radius 2 is 2.00 bits per heavy atom. The topological polar surface area (TPSA) is 76.1 Å². The Morgan fingerprint density at radius 1 is 1.37 bits per heavy atom. The Balaban J connectivity index is 2.89. The number of nitrogens with one attached hydrogen (secondary N) is 2. The molecule has 0 bridgehead atoms. The molecule has 1 aromatic heterocycles. The van der Waals surface area contributed by atoms with Gasteiger partial charge in [0.05, 0.1) is 7.11 Å². The molecule has 0 saturated heterocycles. The molecule has 1 unspecified atom stereocenters. The van der Waals surface area contributed by atoms with Gasteiger partial charge in [0.25, 0.3) is 0 Å². The number of aryl methyl sites for hydroxylation is 1. The van der Waals surface area contributed by atoms with E-state index >= 15 is 0 Å². The summed E-state index contributed by atoms with van der Waals surface area (Å²) in [5, 5.41) is 6.07. The molecule has 6 heteroatoms. The fourth-order valence-corrected chi connectivity index (χ4v) is 1.78. The summed E-state index contributed by atoms with van der Waals surface area (Å²) in [5.74, 6) is 2.07. The SMILES string of the molecule is CNc1cc(NC(CC(C)C)C(=O)OC)nc(C)n1. The van der Waals surface area contributed by atoms with Crippen LogP contribution in [0.25, 0.3) is 0 Å². The van der Waals surface area contributed by atoms with Gasteiger partial charge in [-0.3, -0.25) is 0 Å². The van der Waals surface area contributed by atoms with Crippen molar-refractivity contribution in [2.45, 2.75) is 33.2 Å². The molecule has 1 aromatic rings. The van der Waals surface area contributed by atoms with E-state index in [0.717, 1.165) is 0 Å². The molecule has 0 aromatic carbocycles. The number of hydrogen-bond donors (Lipinski definition) is 2. The summed E-state index contributed by atoms with van der Waals surface area (Å²) in [7, 11) is 3.18. The van der Waals surface area contributed by atoms with Crippen LogP contribution in [-0.4, -0.2) is 36.1 Å². The lowest BCUT2D eigenvalue weighted by Gasteiger charge is -2.19. The van der Waals surface area contributed by atoms with E-state index in [9.17, 15) is 4.79 Å². The predicted molar refractivity (Wildman–Crippen MR) is 75.2 cm³/mol. The molecule has 2 N–H and O–H groups in total. The molecule has 6 nitrogen and oxygen atoms in total. The number of carbonyl (C=O) groups excluding carboxylic acids is 1. The summed E-state index contributed by atoms with van der Waals surface area (Å²) in [6.07, 6.45) is 0.685. The van der Waals surface area contributed by atoms with Crippen LogP contribution >= 0.6 is 0 Å². The lowest BCUT2D eigenvalue weighted by Crippen LogP contribution is -2.32. The Labute approximate surface area is 114 Å². The first kappa shape index (κ1) is 15.2. The van der Waals surface area contributed by atoms with Crippen molar-refractivity contribution in [2.24, 2.45) is 5.92 Å². The second-order valence-corrected chi connectivity index (χ2v) is 4.79. The molecule has 0 amide bonds. The van der Waals surface area contributed by atoms with Gasteiger partial charge < -0.3 is 15.4 Å². The van der Waals surface area contributed by atoms with Crippen LogP contribution in [0.2, 0.25) is 0 Å². The van der Waals surface area contributed by atoms with Gasteiger partial charge in [0, 0.05) is 13.1 Å². The third-order valence-electron chi connectivity index (χ3n) is 2.61. The van der Waals surface area contributed by atoms with Gasteiger partial charge in [-0.2, -0.15) is 0 Å². The van der Waals surface area contributed by atoms with Gasteiger partial charge >= 0.3 is 5.97 Å². The highest BCUT2D eigenvalue weighted by atomic mass is 16.5. The van der Waals surface area contributed by atoms with Crippen LogP contribution in [-0.2, 0) is 9.53 Å². The quantitative estimate of drug-likeness (QED) is 0.765. The van der Waals surface area contributed by atoms with Crippen LogP contribution in [0.5, 0.6) is 0 Å². The number of anilines is 2. The average molecular weight is 266 g/mol. The normalized spacial score (nSPS) is 12.1. The first-order valence-corrected chi connectivity index (χ1v) is 6.34. The first-order valence-electron chi connectivity index (χ1n) is 6.34. The van der Waals surface area contributed by atoms with Crippen molar-refractivity contribution < 1.29 is 9.53 Å². The van der Waals surface area contributed by atoms with Gasteiger partial charge in [-0.1, -0.05) is 13.8 Å². The molecule has 1 atom stereocenters. The standard InChI is InChI=1S/C13H22N4O2/c1-8(2)6-10(13(18)19-5)17-12-7-11(14-4)15-9(3)16-12/h7-8,10H,6H2,1-5H3,(H2,14,15,16,17). The largest absolute Gasteiger partial charge is 0.467 e. The maximum absolute atomic E-state index is 11.7. The van der Waals surface area contributed by atoms with Crippen LogP contribution in [0, 0.1) is 12.8 Å². The highest BCUT2D eigenvalue weighted by Crippen LogP contribution is 2.15. The van der Waals surface area contributed by atoms with E-state index in [1.165, 1.54) is 7.11 Å². The second-order valence-electron chi connectivity index (χ2n) is 4.79. The summed E-state index contributed by atoms with van der Waals surface area (Å²) in [4.78, 5) is 20.2. The highest BCUT2D eigenvalue weighted by Gasteiger charge is 2.21. The number of carbonyl (C=O) groups is 1. The maximum Gasteiger partial charge on any atom is 0.328 e. The van der Waals surface area contributed by atoms with Crippen LogP contribution in [0.4, 0.5) is 11.6 Å². The molecule has 19 heavy (non-hydrogen) atoms. The Bertz CT molecular complexity index is 435. The maximum atomic E-state index is 11.7. The molecule has 0 aliphatic heterocycles. The van der Waals surface area contributed by atoms with E-state index in [-0.39, 0.29) is 5.97 Å². The number of ether oxygens (including phenoxy) is 1. The predicted octanol–water partition coefficient (Wildman–Crippen LogP) is 1.83. The molecule has 0 spiro atoms. The van der Waals surface area contributed by atoms with Crippen molar-refractivity contribution in [1.29, 1.82) is 0 Å². The fraction of sp³-hybridized carbons (Fsp3) is 0.615. The molecule has 0 fully saturated rings. The minimum atomic E-state index is -0.399. The van der Waals surface area contributed by atoms with Crippen molar-refractivity contribution in [2.75, 3.05) is 24.8 Å². The van der Waals surface area contributed by atoms with Crippen LogP contribution < -0.4 is 10.6 Å². The van der Waals surface area contributed by atoms with Crippen LogP contribution in [0.15, 0.2) is 6.07 Å². The Morgan fingerprint density at radius 3 is 2.53 bits per heavy atom. The lowest BCUT2D eigenvalue weighted by molar-refractivity contribution is -0.141. The van der Waals surface area contributed by atoms with Gasteiger partial charge in [-0.05, 0) is 19.3 Å². The molecule has 1 rings (SSSR count). The molecular formula is C13H22N4O2. The van der Waals surface area contributed by atoms with Crippen LogP contribution in [0.1, 0.15) is 26.1 Å². The zero-order valence-electron chi connectivity index (χ0n) is 12.2. The monoisotopic (exact) mass is 266 g/mol. The average Bonchev–Trinajstić information content (AvgIpc) is 2.35. The Kier molecular flexibility index (Phi) is 5.54. The van der Waals surface area contributed by atoms with Crippen molar-refractivity contribution in [3.05, 3.63) is 11.9 Å². The van der Waals surface area contributed by atoms with Gasteiger partial charge in [-0.25, -0.2) is 14.8 Å². The van der Waals surface area contributed by atoms with Gasteiger partial charge in [0.1, 0.15) is 23.5 Å². The summed E-state index contributed by atoms with van der Waals surface area (Å²) in [6.45, 7) is 5.92.